The van der Waals surface area contributed by atoms with Gasteiger partial charge in [0.2, 0.25) is 11.8 Å². The molecule has 0 unspecified atom stereocenters. The Morgan fingerprint density at radius 2 is 1.62 bits per heavy atom. The van der Waals surface area contributed by atoms with Crippen LogP contribution in [0, 0.1) is 0 Å². The van der Waals surface area contributed by atoms with Gasteiger partial charge in [0.1, 0.15) is 11.6 Å². The van der Waals surface area contributed by atoms with Crippen molar-refractivity contribution < 1.29 is 28.7 Å². The van der Waals surface area contributed by atoms with Crippen LogP contribution in [0.5, 0.6) is 0 Å². The molecule has 9 nitrogen and oxygen atoms in total. The zero-order valence-electron chi connectivity index (χ0n) is 14.6. The van der Waals surface area contributed by atoms with Crippen molar-refractivity contribution in [1.82, 2.24) is 16.0 Å². The van der Waals surface area contributed by atoms with Gasteiger partial charge >= 0.3 is 12.1 Å². The fourth-order valence-electron chi connectivity index (χ4n) is 1.35. The third-order valence-corrected chi connectivity index (χ3v) is 2.42. The highest BCUT2D eigenvalue weighted by molar-refractivity contribution is 5.94. The summed E-state index contributed by atoms with van der Waals surface area (Å²) in [6.45, 7) is 6.99. The van der Waals surface area contributed by atoms with Crippen molar-refractivity contribution in [2.45, 2.75) is 39.3 Å². The molecule has 0 aromatic carbocycles. The van der Waals surface area contributed by atoms with Gasteiger partial charge in [0.25, 0.3) is 0 Å². The summed E-state index contributed by atoms with van der Waals surface area (Å²) in [6.07, 6.45) is 1.33. The molecule has 3 amide bonds. The van der Waals surface area contributed by atoms with Crippen LogP contribution in [-0.4, -0.2) is 55.7 Å². The predicted molar refractivity (Wildman–Crippen MR) is 86.0 cm³/mol. The van der Waals surface area contributed by atoms with Gasteiger partial charge in [-0.3, -0.25) is 9.59 Å². The first-order chi connectivity index (χ1) is 11.0. The first kappa shape index (κ1) is 21.4. The summed E-state index contributed by atoms with van der Waals surface area (Å²) in [6, 6.07) is -0.783. The van der Waals surface area contributed by atoms with E-state index < -0.39 is 35.5 Å². The smallest absolute Gasteiger partial charge is 0.408 e. The molecule has 0 rings (SSSR count). The number of ether oxygens (including phenoxy) is 2. The molecule has 0 fully saturated rings. The van der Waals surface area contributed by atoms with Crippen LogP contribution in [0.1, 0.15) is 27.7 Å². The Morgan fingerprint density at radius 1 is 1.04 bits per heavy atom. The molecule has 0 spiro atoms. The molecule has 0 bridgehead atoms. The fourth-order valence-corrected chi connectivity index (χ4v) is 1.35. The number of alkyl carbamates (subject to hydrolysis) is 1. The lowest BCUT2D eigenvalue weighted by Gasteiger charge is -2.21. The Morgan fingerprint density at radius 3 is 2.17 bits per heavy atom. The van der Waals surface area contributed by atoms with Crippen molar-refractivity contribution in [2.75, 3.05) is 20.2 Å². The summed E-state index contributed by atoms with van der Waals surface area (Å²) >= 11 is 0. The van der Waals surface area contributed by atoms with Crippen molar-refractivity contribution in [2.24, 2.45) is 0 Å². The Kier molecular flexibility index (Phi) is 9.14. The number of nitrogens with one attached hydrogen (secondary N) is 3. The van der Waals surface area contributed by atoms with Gasteiger partial charge in [0.15, 0.2) is 0 Å². The third kappa shape index (κ3) is 11.0. The van der Waals surface area contributed by atoms with Crippen LogP contribution in [0.3, 0.4) is 0 Å². The molecule has 0 saturated heterocycles. The monoisotopic (exact) mass is 343 g/mol. The summed E-state index contributed by atoms with van der Waals surface area (Å²) in [7, 11) is 1.20. The molecule has 0 aromatic rings. The molecule has 0 saturated carbocycles. The lowest BCUT2D eigenvalue weighted by atomic mass is 10.2. The quantitative estimate of drug-likeness (QED) is 0.336. The second kappa shape index (κ2) is 10.2. The van der Waals surface area contributed by atoms with Crippen LogP contribution in [-0.2, 0) is 23.9 Å². The van der Waals surface area contributed by atoms with E-state index in [4.69, 9.17) is 4.74 Å². The normalized spacial score (nSPS) is 12.2. The average molecular weight is 343 g/mol. The lowest BCUT2D eigenvalue weighted by molar-refractivity contribution is -0.135. The van der Waals surface area contributed by atoms with Crippen LogP contribution in [0.25, 0.3) is 0 Å². The Hall–Kier alpha value is -2.58. The van der Waals surface area contributed by atoms with Gasteiger partial charge in [-0.25, -0.2) is 9.59 Å². The molecule has 0 aliphatic heterocycles. The van der Waals surface area contributed by atoms with Crippen molar-refractivity contribution >= 4 is 23.9 Å². The van der Waals surface area contributed by atoms with Crippen LogP contribution in [0.4, 0.5) is 4.79 Å². The Balaban J connectivity index is 4.01. The highest BCUT2D eigenvalue weighted by Gasteiger charge is 2.20. The summed E-state index contributed by atoms with van der Waals surface area (Å²) in [5, 5.41) is 7.41. The lowest BCUT2D eigenvalue weighted by Crippen LogP contribution is -2.47. The summed E-state index contributed by atoms with van der Waals surface area (Å²) < 4.78 is 9.38. The van der Waals surface area contributed by atoms with E-state index in [1.807, 2.05) is 0 Å². The number of carbonyl (C=O) groups is 4. The highest BCUT2D eigenvalue weighted by Crippen LogP contribution is 2.06. The van der Waals surface area contributed by atoms with E-state index in [9.17, 15) is 19.2 Å². The van der Waals surface area contributed by atoms with E-state index in [0.717, 1.165) is 12.2 Å². The molecule has 1 atom stereocenters. The van der Waals surface area contributed by atoms with Crippen LogP contribution < -0.4 is 16.0 Å². The minimum Gasteiger partial charge on any atom is -0.466 e. The van der Waals surface area contributed by atoms with E-state index in [2.05, 4.69) is 20.7 Å². The molecule has 3 N–H and O–H groups in total. The molecular formula is C15H25N3O6. The average Bonchev–Trinajstić information content (AvgIpc) is 2.46. The number of rotatable bonds is 7. The van der Waals surface area contributed by atoms with Gasteiger partial charge in [0.05, 0.1) is 7.11 Å². The van der Waals surface area contributed by atoms with Gasteiger partial charge in [-0.1, -0.05) is 0 Å². The highest BCUT2D eigenvalue weighted by atomic mass is 16.6. The summed E-state index contributed by atoms with van der Waals surface area (Å²) in [4.78, 5) is 45.4. The maximum atomic E-state index is 11.8. The topological polar surface area (TPSA) is 123 Å². The first-order valence-electron chi connectivity index (χ1n) is 7.36. The number of methoxy groups -OCH3 is 1. The van der Waals surface area contributed by atoms with Gasteiger partial charge < -0.3 is 25.4 Å². The minimum atomic E-state index is -0.783. The Labute approximate surface area is 141 Å². The number of carbonyl (C=O) groups excluding carboxylic acids is 4. The number of hydrogen-bond acceptors (Lipinski definition) is 6. The SMILES string of the molecule is COC(=O)/C=C/C(=O)NCCNC(=O)[C@H](C)NC(=O)OC(C)(C)C. The van der Waals surface area contributed by atoms with E-state index in [-0.39, 0.29) is 13.1 Å². The molecule has 0 radical (unpaired) electrons. The molecular weight excluding hydrogens is 318 g/mol. The Bertz CT molecular complexity index is 496. The molecule has 0 heterocycles. The van der Waals surface area contributed by atoms with Crippen LogP contribution in [0.15, 0.2) is 12.2 Å². The van der Waals surface area contributed by atoms with Crippen LogP contribution in [0.2, 0.25) is 0 Å². The van der Waals surface area contributed by atoms with Crippen molar-refractivity contribution in [3.8, 4) is 0 Å². The second-order valence-corrected chi connectivity index (χ2v) is 5.81. The van der Waals surface area contributed by atoms with E-state index >= 15 is 0 Å². The van der Waals surface area contributed by atoms with Crippen molar-refractivity contribution in [1.29, 1.82) is 0 Å². The summed E-state index contributed by atoms with van der Waals surface area (Å²) in [5.74, 6) is -1.55. The molecule has 24 heavy (non-hydrogen) atoms. The molecule has 0 aliphatic carbocycles. The van der Waals surface area contributed by atoms with Gasteiger partial charge in [-0.15, -0.1) is 0 Å². The maximum Gasteiger partial charge on any atom is 0.408 e. The predicted octanol–water partition coefficient (Wildman–Crippen LogP) is -0.139. The largest absolute Gasteiger partial charge is 0.466 e. The number of amides is 3. The number of esters is 1. The van der Waals surface area contributed by atoms with Crippen molar-refractivity contribution in [3.05, 3.63) is 12.2 Å². The van der Waals surface area contributed by atoms with Crippen molar-refractivity contribution in [3.63, 3.8) is 0 Å². The summed E-state index contributed by atoms with van der Waals surface area (Å²) in [5.41, 5.74) is -0.651. The minimum absolute atomic E-state index is 0.162. The number of hydrogen-bond donors (Lipinski definition) is 3. The van der Waals surface area contributed by atoms with E-state index in [0.29, 0.717) is 0 Å². The van der Waals surface area contributed by atoms with Gasteiger partial charge in [-0.05, 0) is 27.7 Å². The molecule has 0 aliphatic rings. The van der Waals surface area contributed by atoms with E-state index in [1.165, 1.54) is 14.0 Å². The standard InChI is InChI=1S/C15H25N3O6/c1-10(18-14(22)24-15(2,3)4)13(21)17-9-8-16-11(19)6-7-12(20)23-5/h6-7,10H,8-9H2,1-5H3,(H,16,19)(H,17,21)(H,18,22)/b7-6+/t10-/m0/s1. The molecule has 136 valence electrons. The molecule has 9 heteroatoms. The zero-order chi connectivity index (χ0) is 18.8. The zero-order valence-corrected chi connectivity index (χ0v) is 14.6. The van der Waals surface area contributed by atoms with Gasteiger partial charge in [-0.2, -0.15) is 0 Å². The molecule has 0 aromatic heterocycles. The van der Waals surface area contributed by atoms with E-state index in [1.54, 1.807) is 20.8 Å². The third-order valence-electron chi connectivity index (χ3n) is 2.42. The fraction of sp³-hybridized carbons (Fsp3) is 0.600. The first-order valence-corrected chi connectivity index (χ1v) is 7.36. The maximum absolute atomic E-state index is 11.8. The second-order valence-electron chi connectivity index (χ2n) is 5.81. The van der Waals surface area contributed by atoms with Crippen LogP contribution >= 0.6 is 0 Å². The van der Waals surface area contributed by atoms with Gasteiger partial charge in [0, 0.05) is 25.2 Å².